The summed E-state index contributed by atoms with van der Waals surface area (Å²) in [5.74, 6) is 1.93. The topological polar surface area (TPSA) is 41.1 Å². The first kappa shape index (κ1) is 13.9. The number of hydrogen-bond acceptors (Lipinski definition) is 2. The number of rotatable bonds is 6. The number of hydrogen-bond donors (Lipinski definition) is 2. The molecule has 2 saturated carbocycles. The number of nitrogens with one attached hydrogen (secondary N) is 2. The lowest BCUT2D eigenvalue weighted by Crippen LogP contribution is -2.50. The molecule has 0 saturated heterocycles. The zero-order chi connectivity index (χ0) is 13.1. The van der Waals surface area contributed by atoms with E-state index in [1.54, 1.807) is 0 Å². The van der Waals surface area contributed by atoms with Crippen molar-refractivity contribution in [3.63, 3.8) is 0 Å². The first-order valence-electron chi connectivity index (χ1n) is 7.66. The van der Waals surface area contributed by atoms with Gasteiger partial charge in [0.2, 0.25) is 5.91 Å². The molecule has 1 amide bonds. The van der Waals surface area contributed by atoms with Gasteiger partial charge < -0.3 is 10.6 Å². The minimum atomic E-state index is -0.0475. The molecule has 0 aliphatic heterocycles. The fraction of sp³-hybridized carbons (Fsp3) is 0.933. The van der Waals surface area contributed by atoms with Crippen LogP contribution in [-0.4, -0.2) is 24.0 Å². The lowest BCUT2D eigenvalue weighted by Gasteiger charge is -2.27. The summed E-state index contributed by atoms with van der Waals surface area (Å²) in [7, 11) is 0. The highest BCUT2D eigenvalue weighted by Gasteiger charge is 2.40. The molecule has 0 aromatic rings. The Labute approximate surface area is 111 Å². The molecule has 2 N–H and O–H groups in total. The lowest BCUT2D eigenvalue weighted by atomic mass is 9.95. The minimum absolute atomic E-state index is 0.0475. The van der Waals surface area contributed by atoms with E-state index in [1.807, 2.05) is 6.92 Å². The van der Waals surface area contributed by atoms with Gasteiger partial charge >= 0.3 is 0 Å². The Morgan fingerprint density at radius 3 is 2.61 bits per heavy atom. The third-order valence-corrected chi connectivity index (χ3v) is 4.71. The average Bonchev–Trinajstić information content (AvgIpc) is 2.90. The molecule has 2 aliphatic carbocycles. The van der Waals surface area contributed by atoms with E-state index >= 15 is 0 Å². The molecule has 104 valence electrons. The summed E-state index contributed by atoms with van der Waals surface area (Å²) < 4.78 is 0. The van der Waals surface area contributed by atoms with Gasteiger partial charge in [-0.2, -0.15) is 0 Å². The van der Waals surface area contributed by atoms with Crippen LogP contribution >= 0.6 is 0 Å². The normalized spacial score (nSPS) is 33.4. The number of carbonyl (C=O) groups is 1. The van der Waals surface area contributed by atoms with Crippen molar-refractivity contribution in [3.8, 4) is 0 Å². The van der Waals surface area contributed by atoms with Crippen LogP contribution in [0.5, 0.6) is 0 Å². The van der Waals surface area contributed by atoms with Crippen molar-refractivity contribution in [3.05, 3.63) is 0 Å². The first-order chi connectivity index (χ1) is 8.60. The highest BCUT2D eigenvalue weighted by molar-refractivity contribution is 5.81. The predicted molar refractivity (Wildman–Crippen MR) is 74.3 cm³/mol. The van der Waals surface area contributed by atoms with Gasteiger partial charge in [-0.1, -0.05) is 19.8 Å². The maximum atomic E-state index is 12.0. The van der Waals surface area contributed by atoms with Crippen LogP contribution in [0.2, 0.25) is 0 Å². The molecule has 2 rings (SSSR count). The summed E-state index contributed by atoms with van der Waals surface area (Å²) >= 11 is 0. The molecule has 0 heterocycles. The Kier molecular flexibility index (Phi) is 4.66. The fourth-order valence-electron chi connectivity index (χ4n) is 3.72. The number of amides is 1. The summed E-state index contributed by atoms with van der Waals surface area (Å²) in [5, 5.41) is 6.64. The largest absolute Gasteiger partial charge is 0.352 e. The number of carbonyl (C=O) groups excluding carboxylic acids is 1. The quantitative estimate of drug-likeness (QED) is 0.762. The van der Waals surface area contributed by atoms with Crippen LogP contribution < -0.4 is 10.6 Å². The smallest absolute Gasteiger partial charge is 0.237 e. The molecule has 0 aromatic carbocycles. The second-order valence-electron chi connectivity index (χ2n) is 6.37. The van der Waals surface area contributed by atoms with Crippen molar-refractivity contribution in [1.29, 1.82) is 0 Å². The van der Waals surface area contributed by atoms with Gasteiger partial charge in [-0.05, 0) is 51.4 Å². The molecule has 5 unspecified atom stereocenters. The van der Waals surface area contributed by atoms with Crippen molar-refractivity contribution >= 4 is 5.91 Å². The zero-order valence-electron chi connectivity index (χ0n) is 12.0. The summed E-state index contributed by atoms with van der Waals surface area (Å²) in [5.41, 5.74) is 0. The SMILES string of the molecule is CCCC(C)NC(=O)C(C)NC1CC2CCC1C2. The van der Waals surface area contributed by atoms with E-state index in [0.29, 0.717) is 12.1 Å². The van der Waals surface area contributed by atoms with Gasteiger partial charge in [0.05, 0.1) is 6.04 Å². The van der Waals surface area contributed by atoms with Crippen molar-refractivity contribution in [2.24, 2.45) is 11.8 Å². The predicted octanol–water partition coefficient (Wildman–Crippen LogP) is 2.46. The molecule has 3 nitrogen and oxygen atoms in total. The van der Waals surface area contributed by atoms with Crippen LogP contribution in [0, 0.1) is 11.8 Å². The Morgan fingerprint density at radius 2 is 2.06 bits per heavy atom. The lowest BCUT2D eigenvalue weighted by molar-refractivity contribution is -0.123. The molecule has 0 spiro atoms. The van der Waals surface area contributed by atoms with Gasteiger partial charge in [0.1, 0.15) is 0 Å². The Hall–Kier alpha value is -0.570. The van der Waals surface area contributed by atoms with Crippen molar-refractivity contribution in [1.82, 2.24) is 10.6 Å². The molecular formula is C15H28N2O. The zero-order valence-corrected chi connectivity index (χ0v) is 12.0. The number of fused-ring (bicyclic) bond motifs is 2. The first-order valence-corrected chi connectivity index (χ1v) is 7.66. The van der Waals surface area contributed by atoms with Crippen LogP contribution in [0.4, 0.5) is 0 Å². The van der Waals surface area contributed by atoms with Gasteiger partial charge in [0.25, 0.3) is 0 Å². The Balaban J connectivity index is 1.74. The Bertz CT molecular complexity index is 292. The van der Waals surface area contributed by atoms with Crippen molar-refractivity contribution in [2.75, 3.05) is 0 Å². The van der Waals surface area contributed by atoms with Crippen LogP contribution in [-0.2, 0) is 4.79 Å². The fourth-order valence-corrected chi connectivity index (χ4v) is 3.72. The third-order valence-electron chi connectivity index (χ3n) is 4.71. The molecule has 5 atom stereocenters. The molecule has 18 heavy (non-hydrogen) atoms. The van der Waals surface area contributed by atoms with Gasteiger partial charge in [-0.15, -0.1) is 0 Å². The van der Waals surface area contributed by atoms with Gasteiger partial charge in [-0.25, -0.2) is 0 Å². The van der Waals surface area contributed by atoms with Gasteiger partial charge in [0.15, 0.2) is 0 Å². The monoisotopic (exact) mass is 252 g/mol. The summed E-state index contributed by atoms with van der Waals surface area (Å²) in [6.07, 6.45) is 7.63. The van der Waals surface area contributed by atoms with Crippen molar-refractivity contribution < 1.29 is 4.79 Å². The van der Waals surface area contributed by atoms with Crippen LogP contribution in [0.1, 0.15) is 59.3 Å². The second kappa shape index (κ2) is 6.05. The highest BCUT2D eigenvalue weighted by Crippen LogP contribution is 2.44. The molecule has 2 aliphatic rings. The molecule has 0 radical (unpaired) electrons. The third kappa shape index (κ3) is 3.25. The average molecular weight is 252 g/mol. The van der Waals surface area contributed by atoms with E-state index in [1.165, 1.54) is 25.7 Å². The summed E-state index contributed by atoms with van der Waals surface area (Å²) in [6, 6.07) is 0.839. The van der Waals surface area contributed by atoms with E-state index < -0.39 is 0 Å². The van der Waals surface area contributed by atoms with Gasteiger partial charge in [0, 0.05) is 12.1 Å². The minimum Gasteiger partial charge on any atom is -0.352 e. The summed E-state index contributed by atoms with van der Waals surface area (Å²) in [6.45, 7) is 6.24. The van der Waals surface area contributed by atoms with E-state index in [2.05, 4.69) is 24.5 Å². The van der Waals surface area contributed by atoms with E-state index in [4.69, 9.17) is 0 Å². The molecule has 3 heteroatoms. The molecule has 0 aromatic heterocycles. The summed E-state index contributed by atoms with van der Waals surface area (Å²) in [4.78, 5) is 12.0. The molecular weight excluding hydrogens is 224 g/mol. The Morgan fingerprint density at radius 1 is 1.28 bits per heavy atom. The van der Waals surface area contributed by atoms with E-state index in [9.17, 15) is 4.79 Å². The van der Waals surface area contributed by atoms with Gasteiger partial charge in [-0.3, -0.25) is 4.79 Å². The standard InChI is InChI=1S/C15H28N2O/c1-4-5-10(2)16-15(18)11(3)17-14-9-12-6-7-13(14)8-12/h10-14,17H,4-9H2,1-3H3,(H,16,18). The van der Waals surface area contributed by atoms with E-state index in [-0.39, 0.29) is 11.9 Å². The van der Waals surface area contributed by atoms with Crippen molar-refractivity contribution in [2.45, 2.75) is 77.4 Å². The highest BCUT2D eigenvalue weighted by atomic mass is 16.2. The maximum absolute atomic E-state index is 12.0. The maximum Gasteiger partial charge on any atom is 0.237 e. The van der Waals surface area contributed by atoms with E-state index in [0.717, 1.165) is 24.7 Å². The van der Waals surface area contributed by atoms with Crippen LogP contribution in [0.3, 0.4) is 0 Å². The van der Waals surface area contributed by atoms with Crippen LogP contribution in [0.25, 0.3) is 0 Å². The second-order valence-corrected chi connectivity index (χ2v) is 6.37. The molecule has 2 fully saturated rings. The van der Waals surface area contributed by atoms with Crippen LogP contribution in [0.15, 0.2) is 0 Å². The molecule has 2 bridgehead atoms.